The average Bonchev–Trinajstić information content (AvgIpc) is 1.97. The Bertz CT molecular complexity index is 3920. The first-order valence-electron chi connectivity index (χ1n) is 26.2. The first-order chi connectivity index (χ1) is 42.0. The van der Waals surface area contributed by atoms with E-state index in [1.54, 1.807) is 49.4 Å². The van der Waals surface area contributed by atoms with Gasteiger partial charge in [-0.25, -0.2) is 56.5 Å². The molecule has 0 radical (unpaired) electrons. The lowest BCUT2D eigenvalue weighted by Gasteiger charge is -2.38. The number of alkyl halides is 3. The first-order valence-corrected chi connectivity index (χ1v) is 29.5. The van der Waals surface area contributed by atoms with Crippen molar-refractivity contribution in [3.8, 4) is 22.5 Å². The molecular weight excluding hydrogens is 1230 g/mol. The number of benzene rings is 6. The summed E-state index contributed by atoms with van der Waals surface area (Å²) >= 11 is 19.5. The van der Waals surface area contributed by atoms with Crippen molar-refractivity contribution in [2.45, 2.75) is 61.7 Å². The Morgan fingerprint density at radius 1 is 0.621 bits per heavy atom. The molecule has 0 bridgehead atoms. The molecule has 25 heteroatoms. The predicted molar refractivity (Wildman–Crippen MR) is 328 cm³/mol. The lowest BCUT2D eigenvalue weighted by atomic mass is 9.81. The molecule has 0 spiro atoms. The molecule has 87 heavy (non-hydrogen) atoms. The van der Waals surface area contributed by atoms with Crippen molar-refractivity contribution < 1.29 is 46.5 Å². The van der Waals surface area contributed by atoms with Gasteiger partial charge in [0, 0.05) is 68.7 Å². The predicted octanol–water partition coefficient (Wildman–Crippen LogP) is 14.8. The van der Waals surface area contributed by atoms with Gasteiger partial charge in [-0.1, -0.05) is 86.1 Å². The Labute approximate surface area is 520 Å². The van der Waals surface area contributed by atoms with Crippen LogP contribution in [0, 0.1) is 23.3 Å². The van der Waals surface area contributed by atoms with E-state index in [4.69, 9.17) is 49.3 Å². The van der Waals surface area contributed by atoms with Gasteiger partial charge in [0.25, 0.3) is 0 Å². The fourth-order valence-electron chi connectivity index (χ4n) is 9.03. The van der Waals surface area contributed by atoms with E-state index in [0.717, 1.165) is 63.6 Å². The van der Waals surface area contributed by atoms with Crippen LogP contribution in [0.4, 0.5) is 28.9 Å². The van der Waals surface area contributed by atoms with E-state index < -0.39 is 65.0 Å². The Balaban J connectivity index is 0.000000193. The molecule has 0 aliphatic heterocycles. The topological polar surface area (TPSA) is 194 Å². The summed E-state index contributed by atoms with van der Waals surface area (Å²) < 4.78 is 77.3. The number of nitrogens with zero attached hydrogens (tertiary/aromatic N) is 10. The first kappa shape index (κ1) is 64.6. The molecule has 6 aromatic carbocycles. The average molecular weight is 1280 g/mol. The van der Waals surface area contributed by atoms with Crippen molar-refractivity contribution >= 4 is 94.2 Å². The number of aliphatic imine (C=N–C) groups is 2. The maximum Gasteiger partial charge on any atom is 0.340 e. The lowest BCUT2D eigenvalue weighted by Crippen LogP contribution is -2.42. The minimum absolute atomic E-state index is 0.0324. The molecule has 0 aliphatic carbocycles. The molecule has 2 unspecified atom stereocenters. The van der Waals surface area contributed by atoms with E-state index in [1.165, 1.54) is 69.5 Å². The third-order valence-electron chi connectivity index (χ3n) is 13.7. The largest absolute Gasteiger partial charge is 0.446 e. The Morgan fingerprint density at radius 2 is 1.09 bits per heavy atom. The standard InChI is InChI=1S/C31H26ClF2N5O3S.C22H19F2N5OS.C9H8Cl2O2/c1-20(29-38-28(15-43-29)22-6-9-25(35-2)10-7-22)31(16-39-18-36-17-37-39,26-11-8-24(33)13-27(26)34)42-19-41-30(40)23-5-3-4-21(12-23)14-32;1-14(21-28-20(10-31-21)15-3-6-17(25-2)7-4-15)22(30,11-29-13-26-12-27-29)18-8-5-16(23)9-19(18)24;10-5-7-2-1-3-8(4-7)9(12)13-6-11/h3-13,15,17-18,20H,2,14,16,19H2,1H3;3-10,12-14,30H,2,11H2,1H3;1-4H,5-6H2/t20-,31?;14-,22?;/m00./s1. The third kappa shape index (κ3) is 16.2. The number of carbonyl (C=O) groups excluding carboxylic acids is 2. The molecule has 0 aliphatic rings. The van der Waals surface area contributed by atoms with Crippen molar-refractivity contribution in [2.75, 3.05) is 12.9 Å². The second kappa shape index (κ2) is 30.3. The van der Waals surface area contributed by atoms with E-state index in [9.17, 15) is 27.9 Å². The second-order valence-corrected chi connectivity index (χ2v) is 21.7. The molecule has 0 amide bonds. The molecule has 1 N–H and O–H groups in total. The van der Waals surface area contributed by atoms with Gasteiger partial charge in [0.1, 0.15) is 59.8 Å². The maximum atomic E-state index is 15.6. The summed E-state index contributed by atoms with van der Waals surface area (Å²) in [5.74, 6) is -4.87. The van der Waals surface area contributed by atoms with Crippen LogP contribution in [-0.4, -0.2) is 82.8 Å². The molecule has 4 aromatic heterocycles. The number of rotatable bonds is 22. The SMILES string of the molecule is C=Nc1ccc(-c2csc([C@H](C)C(Cn3cncn3)(OCOC(=O)c3cccc(CCl)c3)c3ccc(F)cc3F)n2)cc1.C=Nc1ccc(-c2csc([C@H](C)C(O)(Cn3cncn3)c3ccc(F)cc3F)n2)cc1.O=C(OCCl)c1cccc(CCl)c1. The van der Waals surface area contributed by atoms with Gasteiger partial charge in [0.15, 0.2) is 12.9 Å². The molecule has 10 rings (SSSR count). The van der Waals surface area contributed by atoms with Gasteiger partial charge in [-0.2, -0.15) is 10.2 Å². The molecule has 4 heterocycles. The van der Waals surface area contributed by atoms with Crippen LogP contribution in [0.3, 0.4) is 0 Å². The van der Waals surface area contributed by atoms with Crippen LogP contribution in [0.25, 0.3) is 22.5 Å². The maximum absolute atomic E-state index is 15.6. The van der Waals surface area contributed by atoms with Crippen LogP contribution in [-0.2, 0) is 50.3 Å². The highest BCUT2D eigenvalue weighted by Crippen LogP contribution is 2.45. The quantitative estimate of drug-likeness (QED) is 0.0222. The molecule has 0 fully saturated rings. The number of esters is 2. The van der Waals surface area contributed by atoms with Crippen LogP contribution in [0.5, 0.6) is 0 Å². The summed E-state index contributed by atoms with van der Waals surface area (Å²) in [5, 5.41) is 24.9. The molecule has 10 aromatic rings. The number of ether oxygens (including phenoxy) is 3. The fraction of sp³-hybridized carbons (Fsp3) is 0.194. The monoisotopic (exact) mass is 1280 g/mol. The number of carbonyl (C=O) groups is 2. The lowest BCUT2D eigenvalue weighted by molar-refractivity contribution is -0.148. The van der Waals surface area contributed by atoms with Crippen molar-refractivity contribution in [1.29, 1.82) is 0 Å². The van der Waals surface area contributed by atoms with E-state index in [1.807, 2.05) is 72.3 Å². The Kier molecular flexibility index (Phi) is 22.5. The van der Waals surface area contributed by atoms with Crippen molar-refractivity contribution in [3.05, 3.63) is 236 Å². The fourth-order valence-corrected chi connectivity index (χ4v) is 11.4. The summed E-state index contributed by atoms with van der Waals surface area (Å²) in [4.78, 5) is 49.3. The van der Waals surface area contributed by atoms with Gasteiger partial charge in [-0.05, 0) is 85.2 Å². The highest BCUT2D eigenvalue weighted by molar-refractivity contribution is 7.10. The second-order valence-electron chi connectivity index (χ2n) is 19.1. The molecule has 0 saturated carbocycles. The van der Waals surface area contributed by atoms with Crippen LogP contribution in [0.1, 0.15) is 78.7 Å². The highest BCUT2D eigenvalue weighted by atomic mass is 35.5. The zero-order valence-corrected chi connectivity index (χ0v) is 50.3. The number of aliphatic hydroxyl groups is 1. The van der Waals surface area contributed by atoms with Gasteiger partial charge < -0.3 is 19.3 Å². The minimum Gasteiger partial charge on any atom is -0.446 e. The molecule has 0 saturated heterocycles. The minimum atomic E-state index is -1.74. The third-order valence-corrected chi connectivity index (χ3v) is 16.5. The van der Waals surface area contributed by atoms with Crippen molar-refractivity contribution in [1.82, 2.24) is 39.5 Å². The summed E-state index contributed by atoms with van der Waals surface area (Å²) in [6, 6.07) is 34.7. The van der Waals surface area contributed by atoms with E-state index in [0.29, 0.717) is 27.2 Å². The number of hydrogen-bond acceptors (Lipinski definition) is 16. The van der Waals surface area contributed by atoms with Gasteiger partial charge in [-0.15, -0.1) is 45.9 Å². The zero-order chi connectivity index (χ0) is 62.1. The van der Waals surface area contributed by atoms with Crippen LogP contribution < -0.4 is 0 Å². The number of hydrogen-bond donors (Lipinski definition) is 1. The molecular formula is C62H53Cl3F4N10O6S2. The van der Waals surface area contributed by atoms with Crippen molar-refractivity contribution in [2.24, 2.45) is 9.98 Å². The molecule has 448 valence electrons. The van der Waals surface area contributed by atoms with Gasteiger partial charge in [0.05, 0.1) is 57.0 Å². The summed E-state index contributed by atoms with van der Waals surface area (Å²) in [7, 11) is 0. The number of halogens is 7. The number of aromatic nitrogens is 8. The number of thiazole rings is 2. The van der Waals surface area contributed by atoms with E-state index in [2.05, 4.69) is 53.3 Å². The van der Waals surface area contributed by atoms with Gasteiger partial charge in [0.2, 0.25) is 0 Å². The van der Waals surface area contributed by atoms with Crippen molar-refractivity contribution in [3.63, 3.8) is 0 Å². The van der Waals surface area contributed by atoms with E-state index in [-0.39, 0.29) is 41.7 Å². The summed E-state index contributed by atoms with van der Waals surface area (Å²) in [6.45, 7) is 9.94. The van der Waals surface area contributed by atoms with Crippen LogP contribution in [0.2, 0.25) is 0 Å². The van der Waals surface area contributed by atoms with Crippen LogP contribution in [0.15, 0.2) is 180 Å². The zero-order valence-electron chi connectivity index (χ0n) is 46.4. The molecule has 4 atom stereocenters. The van der Waals surface area contributed by atoms with E-state index >= 15 is 4.39 Å². The Hall–Kier alpha value is -8.35. The highest BCUT2D eigenvalue weighted by Gasteiger charge is 2.45. The van der Waals surface area contributed by atoms with Gasteiger partial charge >= 0.3 is 11.9 Å². The summed E-state index contributed by atoms with van der Waals surface area (Å²) in [5.41, 5.74) is 3.72. The summed E-state index contributed by atoms with van der Waals surface area (Å²) in [6.07, 6.45) is 5.55. The van der Waals surface area contributed by atoms with Gasteiger partial charge in [-0.3, -0.25) is 9.98 Å². The normalized spacial score (nSPS) is 13.1. The molecule has 16 nitrogen and oxygen atoms in total. The Morgan fingerprint density at radius 3 is 1.54 bits per heavy atom. The smallest absolute Gasteiger partial charge is 0.340 e. The van der Waals surface area contributed by atoms with Crippen LogP contribution >= 0.6 is 57.5 Å².